The maximum absolute atomic E-state index is 13.9. The van der Waals surface area contributed by atoms with Gasteiger partial charge in [0.1, 0.15) is 0 Å². The number of methoxy groups -OCH3 is 1. The van der Waals surface area contributed by atoms with Gasteiger partial charge in [0.2, 0.25) is 0 Å². The number of urea groups is 1. The van der Waals surface area contributed by atoms with Crippen molar-refractivity contribution in [3.63, 3.8) is 0 Å². The number of aromatic nitrogens is 3. The van der Waals surface area contributed by atoms with Crippen LogP contribution in [0.2, 0.25) is 0 Å². The second-order valence-electron chi connectivity index (χ2n) is 8.32. The van der Waals surface area contributed by atoms with E-state index in [-0.39, 0.29) is 19.4 Å². The summed E-state index contributed by atoms with van der Waals surface area (Å²) in [6.45, 7) is 0.706. The summed E-state index contributed by atoms with van der Waals surface area (Å²) in [4.78, 5) is 17.5. The van der Waals surface area contributed by atoms with Gasteiger partial charge >= 0.3 is 12.2 Å². The number of nitrogens with one attached hydrogen (secondary N) is 1. The molecule has 31 heavy (non-hydrogen) atoms. The molecule has 2 amide bonds. The number of rotatable bonds is 7. The molecule has 0 bridgehead atoms. The number of aryl methyl sites for hydroxylation is 1. The van der Waals surface area contributed by atoms with Crippen LogP contribution in [-0.2, 0) is 11.2 Å². The molecule has 0 saturated carbocycles. The van der Waals surface area contributed by atoms with Crippen LogP contribution >= 0.6 is 0 Å². The van der Waals surface area contributed by atoms with E-state index in [1.54, 1.807) is 6.07 Å². The highest BCUT2D eigenvalue weighted by molar-refractivity contribution is 5.76. The highest BCUT2D eigenvalue weighted by atomic mass is 19.4. The summed E-state index contributed by atoms with van der Waals surface area (Å²) in [5.41, 5.74) is -0.678. The van der Waals surface area contributed by atoms with Crippen LogP contribution in [0, 0.1) is 5.41 Å². The lowest BCUT2D eigenvalue weighted by Gasteiger charge is -2.38. The molecule has 1 aliphatic heterocycles. The molecule has 172 valence electrons. The fraction of sp³-hybridized carbons (Fsp3) is 0.632. The van der Waals surface area contributed by atoms with Gasteiger partial charge in [0.05, 0.1) is 49.2 Å². The van der Waals surface area contributed by atoms with Gasteiger partial charge in [-0.1, -0.05) is 13.8 Å². The van der Waals surface area contributed by atoms with Crippen molar-refractivity contribution in [3.8, 4) is 0 Å². The van der Waals surface area contributed by atoms with E-state index in [0.717, 1.165) is 18.7 Å². The molecule has 3 heterocycles. The first-order chi connectivity index (χ1) is 14.3. The SMILES string of the molecule is COC[C@H](c1cnn2cc(CCC(C)(C)C(F)(F)F)nc2c1)N1CC(F)(F)CNC1=O. The summed E-state index contributed by atoms with van der Waals surface area (Å²) in [5.74, 6) is -3.09. The number of ether oxygens (including phenoxy) is 1. The molecular weight excluding hydrogens is 425 g/mol. The van der Waals surface area contributed by atoms with Gasteiger partial charge in [-0.25, -0.2) is 23.1 Å². The van der Waals surface area contributed by atoms with E-state index in [1.807, 2.05) is 0 Å². The topological polar surface area (TPSA) is 71.8 Å². The summed E-state index contributed by atoms with van der Waals surface area (Å²) in [6.07, 6.45) is -1.46. The number of alkyl halides is 5. The molecule has 0 spiro atoms. The van der Waals surface area contributed by atoms with E-state index in [1.165, 1.54) is 24.0 Å². The molecule has 3 rings (SSSR count). The van der Waals surface area contributed by atoms with Crippen molar-refractivity contribution in [1.29, 1.82) is 0 Å². The fourth-order valence-electron chi connectivity index (χ4n) is 3.28. The van der Waals surface area contributed by atoms with Crippen molar-refractivity contribution in [1.82, 2.24) is 24.8 Å². The molecule has 2 aromatic heterocycles. The molecule has 2 aromatic rings. The van der Waals surface area contributed by atoms with Gasteiger partial charge in [0, 0.05) is 12.7 Å². The second-order valence-corrected chi connectivity index (χ2v) is 8.32. The molecule has 1 atom stereocenters. The third kappa shape index (κ3) is 5.05. The van der Waals surface area contributed by atoms with E-state index < -0.39 is 42.7 Å². The quantitative estimate of drug-likeness (QED) is 0.656. The number of amides is 2. The van der Waals surface area contributed by atoms with Crippen LogP contribution in [0.15, 0.2) is 18.5 Å². The first-order valence-electron chi connectivity index (χ1n) is 9.65. The van der Waals surface area contributed by atoms with Crippen LogP contribution in [0.3, 0.4) is 0 Å². The molecule has 1 saturated heterocycles. The second kappa shape index (κ2) is 8.21. The monoisotopic (exact) mass is 449 g/mol. The van der Waals surface area contributed by atoms with Crippen molar-refractivity contribution in [2.75, 3.05) is 26.8 Å². The summed E-state index contributed by atoms with van der Waals surface area (Å²) in [7, 11) is 1.38. The lowest BCUT2D eigenvalue weighted by Crippen LogP contribution is -2.58. The maximum Gasteiger partial charge on any atom is 0.393 e. The molecule has 0 unspecified atom stereocenters. The predicted octanol–water partition coefficient (Wildman–Crippen LogP) is 3.60. The van der Waals surface area contributed by atoms with Crippen LogP contribution in [0.5, 0.6) is 0 Å². The van der Waals surface area contributed by atoms with Crippen molar-refractivity contribution in [2.45, 2.75) is 44.8 Å². The molecule has 12 heteroatoms. The third-order valence-corrected chi connectivity index (χ3v) is 5.41. The van der Waals surface area contributed by atoms with E-state index in [9.17, 15) is 26.7 Å². The number of carbonyl (C=O) groups is 1. The number of hydrogen-bond donors (Lipinski definition) is 1. The van der Waals surface area contributed by atoms with Crippen molar-refractivity contribution < 1.29 is 31.5 Å². The average Bonchev–Trinajstić information content (AvgIpc) is 3.08. The Morgan fingerprint density at radius 3 is 2.68 bits per heavy atom. The Bertz CT molecular complexity index is 943. The summed E-state index contributed by atoms with van der Waals surface area (Å²) >= 11 is 0. The lowest BCUT2D eigenvalue weighted by atomic mass is 9.86. The number of carbonyl (C=O) groups excluding carboxylic acids is 1. The van der Waals surface area contributed by atoms with Gasteiger partial charge in [-0.15, -0.1) is 0 Å². The minimum Gasteiger partial charge on any atom is -0.382 e. The van der Waals surface area contributed by atoms with Crippen molar-refractivity contribution in [3.05, 3.63) is 29.7 Å². The van der Waals surface area contributed by atoms with E-state index in [2.05, 4.69) is 15.4 Å². The van der Waals surface area contributed by atoms with E-state index >= 15 is 0 Å². The number of imidazole rings is 1. The zero-order chi connectivity index (χ0) is 23.0. The number of hydrogen-bond acceptors (Lipinski definition) is 4. The standard InChI is InChI=1S/C19H24F5N5O2/c1-17(2,19(22,23)24)5-4-13-8-29-15(27-13)6-12(7-26-29)14(9-31-3)28-11-18(20,21)10-25-16(28)30/h6-8,14H,4-5,9-11H2,1-3H3,(H,25,30)/t14-/m1/s1. The average molecular weight is 449 g/mol. The molecule has 1 N–H and O–H groups in total. The fourth-order valence-corrected chi connectivity index (χ4v) is 3.28. The largest absolute Gasteiger partial charge is 0.393 e. The van der Waals surface area contributed by atoms with Gasteiger partial charge in [-0.2, -0.15) is 18.3 Å². The first kappa shape index (κ1) is 23.2. The van der Waals surface area contributed by atoms with Crippen LogP contribution in [0.1, 0.15) is 37.6 Å². The zero-order valence-corrected chi connectivity index (χ0v) is 17.3. The number of fused-ring (bicyclic) bond motifs is 1. The van der Waals surface area contributed by atoms with E-state index in [4.69, 9.17) is 4.74 Å². The van der Waals surface area contributed by atoms with Crippen LogP contribution < -0.4 is 5.32 Å². The van der Waals surface area contributed by atoms with E-state index in [0.29, 0.717) is 16.9 Å². The normalized spacial score (nSPS) is 18.3. The van der Waals surface area contributed by atoms with Crippen molar-refractivity contribution in [2.24, 2.45) is 5.41 Å². The van der Waals surface area contributed by atoms with Gasteiger partial charge in [0.25, 0.3) is 5.92 Å². The molecule has 1 fully saturated rings. The van der Waals surface area contributed by atoms with Crippen LogP contribution in [0.25, 0.3) is 5.65 Å². The lowest BCUT2D eigenvalue weighted by molar-refractivity contribution is -0.213. The Balaban J connectivity index is 1.84. The summed E-state index contributed by atoms with van der Waals surface area (Å²) in [6, 6.07) is 0.0824. The Hall–Kier alpha value is -2.50. The first-order valence-corrected chi connectivity index (χ1v) is 9.65. The Morgan fingerprint density at radius 1 is 1.32 bits per heavy atom. The molecular formula is C19H24F5N5O2. The van der Waals surface area contributed by atoms with Gasteiger partial charge < -0.3 is 15.0 Å². The highest BCUT2D eigenvalue weighted by Crippen LogP contribution is 2.41. The van der Waals surface area contributed by atoms with Gasteiger partial charge in [0.15, 0.2) is 5.65 Å². The Kier molecular flexibility index (Phi) is 6.14. The predicted molar refractivity (Wildman–Crippen MR) is 101 cm³/mol. The molecule has 0 aliphatic carbocycles. The molecule has 0 aromatic carbocycles. The third-order valence-electron chi connectivity index (χ3n) is 5.41. The Morgan fingerprint density at radius 2 is 2.03 bits per heavy atom. The van der Waals surface area contributed by atoms with Gasteiger partial charge in [-0.3, -0.25) is 0 Å². The Labute approximate surface area is 175 Å². The number of halogens is 5. The molecule has 7 nitrogen and oxygen atoms in total. The minimum absolute atomic E-state index is 0.0469. The summed E-state index contributed by atoms with van der Waals surface area (Å²) in [5, 5.41) is 6.35. The molecule has 1 aliphatic rings. The van der Waals surface area contributed by atoms with Crippen LogP contribution in [0.4, 0.5) is 26.7 Å². The maximum atomic E-state index is 13.9. The zero-order valence-electron chi connectivity index (χ0n) is 17.3. The highest BCUT2D eigenvalue weighted by Gasteiger charge is 2.46. The number of nitrogens with zero attached hydrogens (tertiary/aromatic N) is 4. The van der Waals surface area contributed by atoms with Crippen molar-refractivity contribution >= 4 is 11.7 Å². The van der Waals surface area contributed by atoms with Crippen LogP contribution in [-0.4, -0.2) is 64.4 Å². The smallest absolute Gasteiger partial charge is 0.382 e. The molecule has 0 radical (unpaired) electrons. The van der Waals surface area contributed by atoms with Gasteiger partial charge in [-0.05, 0) is 18.9 Å². The summed E-state index contributed by atoms with van der Waals surface area (Å²) < 4.78 is 73.5. The minimum atomic E-state index is -4.33.